The Morgan fingerprint density at radius 3 is 2.00 bits per heavy atom. The van der Waals surface area contributed by atoms with E-state index in [0.29, 0.717) is 12.7 Å². The molecule has 0 aliphatic carbocycles. The van der Waals surface area contributed by atoms with Gasteiger partial charge in [0.25, 0.3) is 10.1 Å². The van der Waals surface area contributed by atoms with E-state index in [0.717, 1.165) is 0 Å². The normalized spacial score (nSPS) is 13.7. The van der Waals surface area contributed by atoms with E-state index in [9.17, 15) is 13.5 Å². The first-order chi connectivity index (χ1) is 8.70. The van der Waals surface area contributed by atoms with Gasteiger partial charge in [-0.1, -0.05) is 26.7 Å². The van der Waals surface area contributed by atoms with Crippen molar-refractivity contribution in [3.63, 3.8) is 0 Å². The molecule has 0 aromatic heterocycles. The molecule has 0 amide bonds. The molecule has 0 saturated carbocycles. The first-order valence-corrected chi connectivity index (χ1v) is 10.8. The van der Waals surface area contributed by atoms with Crippen molar-refractivity contribution >= 4 is 18.4 Å². The fourth-order valence-electron chi connectivity index (χ4n) is 0.701. The summed E-state index contributed by atoms with van der Waals surface area (Å²) in [5.41, 5.74) is 0. The molecule has 1 atom stereocenters. The van der Waals surface area contributed by atoms with Gasteiger partial charge in [-0.2, -0.15) is 8.42 Å². The maximum Gasteiger partial charge on any atom is 0.261 e. The maximum absolute atomic E-state index is 9.53. The van der Waals surface area contributed by atoms with Crippen molar-refractivity contribution in [1.82, 2.24) is 0 Å². The summed E-state index contributed by atoms with van der Waals surface area (Å²) >= 11 is 0. The third-order valence-electron chi connectivity index (χ3n) is 2.67. The number of rotatable bonds is 3. The molecule has 0 aromatic rings. The van der Waals surface area contributed by atoms with Gasteiger partial charge in [0.2, 0.25) is 6.29 Å². The average Bonchev–Trinajstić information content (AvgIpc) is 2.12. The van der Waals surface area contributed by atoms with Gasteiger partial charge in [-0.05, 0) is 24.1 Å². The number of hydrogen-bond acceptors (Lipinski definition) is 5. The van der Waals surface area contributed by atoms with Gasteiger partial charge in [-0.3, -0.25) is 4.55 Å². The van der Waals surface area contributed by atoms with Crippen molar-refractivity contribution in [3.8, 4) is 11.8 Å². The second kappa shape index (κ2) is 8.77. The van der Waals surface area contributed by atoms with Gasteiger partial charge in [0, 0.05) is 6.42 Å². The summed E-state index contributed by atoms with van der Waals surface area (Å²) in [6.45, 7) is 10.4. The quantitative estimate of drug-likeness (QED) is 0.312. The van der Waals surface area contributed by atoms with Crippen molar-refractivity contribution in [3.05, 3.63) is 0 Å². The van der Waals surface area contributed by atoms with E-state index in [-0.39, 0.29) is 11.6 Å². The molecule has 0 aliphatic rings. The summed E-state index contributed by atoms with van der Waals surface area (Å²) in [5.74, 6) is 5.23. The van der Waals surface area contributed by atoms with Crippen LogP contribution in [0.3, 0.4) is 0 Å². The lowest BCUT2D eigenvalue weighted by Crippen LogP contribution is -2.43. The fourth-order valence-corrected chi connectivity index (χ4v) is 1.67. The third-order valence-corrected chi connectivity index (χ3v) is 7.10. The van der Waals surface area contributed by atoms with E-state index >= 15 is 0 Å². The summed E-state index contributed by atoms with van der Waals surface area (Å²) in [6.07, 6.45) is 0.0581. The summed E-state index contributed by atoms with van der Waals surface area (Å²) in [6, 6.07) is 0. The second-order valence-electron chi connectivity index (χ2n) is 5.76. The Kier molecular flexibility index (Phi) is 9.58. The molecule has 120 valence electrons. The fraction of sp³-hybridized carbons (Fsp3) is 0.833. The monoisotopic (exact) mass is 326 g/mol. The molecule has 20 heavy (non-hydrogen) atoms. The largest absolute Gasteiger partial charge is 0.395 e. The maximum atomic E-state index is 9.53. The molecular formula is C12H26O6SSi. The highest BCUT2D eigenvalue weighted by Crippen LogP contribution is 2.36. The van der Waals surface area contributed by atoms with Gasteiger partial charge in [-0.25, -0.2) is 0 Å². The Morgan fingerprint density at radius 1 is 1.30 bits per heavy atom. The van der Waals surface area contributed by atoms with Gasteiger partial charge in [-0.15, -0.1) is 0 Å². The van der Waals surface area contributed by atoms with Crippen LogP contribution in [0, 0.1) is 11.8 Å². The lowest BCUT2D eigenvalue weighted by molar-refractivity contribution is 0.0212. The highest BCUT2D eigenvalue weighted by atomic mass is 32.2. The van der Waals surface area contributed by atoms with Crippen LogP contribution in [0.4, 0.5) is 0 Å². The molecule has 0 bridgehead atoms. The van der Waals surface area contributed by atoms with Crippen molar-refractivity contribution in [2.75, 3.05) is 12.9 Å². The van der Waals surface area contributed by atoms with Crippen LogP contribution >= 0.6 is 0 Å². The minimum absolute atomic E-state index is 0.0137. The van der Waals surface area contributed by atoms with Crippen LogP contribution in [-0.4, -0.2) is 50.7 Å². The molecule has 0 heterocycles. The van der Waals surface area contributed by atoms with Crippen molar-refractivity contribution < 1.29 is 27.6 Å². The van der Waals surface area contributed by atoms with E-state index in [1.807, 2.05) is 0 Å². The van der Waals surface area contributed by atoms with Gasteiger partial charge >= 0.3 is 0 Å². The SMILES string of the molecule is CC(C)(C)[Si](C)(C)OC(O)C#CCCO.CS(=O)(=O)O. The zero-order chi connectivity index (χ0) is 16.6. The molecule has 1 unspecified atom stereocenters. The van der Waals surface area contributed by atoms with Crippen molar-refractivity contribution in [2.24, 2.45) is 0 Å². The molecule has 0 saturated heterocycles. The van der Waals surface area contributed by atoms with Crippen LogP contribution in [0.5, 0.6) is 0 Å². The number of aliphatic hydroxyl groups excluding tert-OH is 2. The minimum Gasteiger partial charge on any atom is -0.395 e. The Bertz CT molecular complexity index is 419. The van der Waals surface area contributed by atoms with Gasteiger partial charge < -0.3 is 14.6 Å². The van der Waals surface area contributed by atoms with Gasteiger partial charge in [0.1, 0.15) is 0 Å². The van der Waals surface area contributed by atoms with Gasteiger partial charge in [0.05, 0.1) is 12.9 Å². The predicted molar refractivity (Wildman–Crippen MR) is 81.2 cm³/mol. The Morgan fingerprint density at radius 2 is 1.70 bits per heavy atom. The topological polar surface area (TPSA) is 104 Å². The summed E-state index contributed by atoms with van der Waals surface area (Å²) < 4.78 is 31.5. The zero-order valence-electron chi connectivity index (χ0n) is 13.0. The van der Waals surface area contributed by atoms with E-state index in [4.69, 9.17) is 14.1 Å². The van der Waals surface area contributed by atoms with E-state index in [2.05, 4.69) is 45.7 Å². The summed E-state index contributed by atoms with van der Waals surface area (Å²) in [4.78, 5) is 0. The molecule has 6 nitrogen and oxygen atoms in total. The Labute approximate surface area is 123 Å². The average molecular weight is 326 g/mol. The second-order valence-corrected chi connectivity index (χ2v) is 12.0. The lowest BCUT2D eigenvalue weighted by Gasteiger charge is -2.36. The molecule has 8 heteroatoms. The first kappa shape index (κ1) is 21.9. The van der Waals surface area contributed by atoms with Crippen LogP contribution < -0.4 is 0 Å². The standard InChI is InChI=1S/C11H22O3Si.CH4O3S/c1-11(2,3)15(4,5)14-10(13)8-6-7-9-12;1-5(2,3)4/h10,12-13H,7,9H2,1-5H3;1H3,(H,2,3,4). The van der Waals surface area contributed by atoms with Crippen LogP contribution in [0.25, 0.3) is 0 Å². The first-order valence-electron chi connectivity index (χ1n) is 6.08. The zero-order valence-corrected chi connectivity index (χ0v) is 14.8. The van der Waals surface area contributed by atoms with Gasteiger partial charge in [0.15, 0.2) is 8.32 Å². The summed E-state index contributed by atoms with van der Waals surface area (Å²) in [7, 11) is -5.61. The van der Waals surface area contributed by atoms with Crippen molar-refractivity contribution in [2.45, 2.75) is 51.6 Å². The van der Waals surface area contributed by atoms with Crippen LogP contribution in [0.15, 0.2) is 0 Å². The highest BCUT2D eigenvalue weighted by molar-refractivity contribution is 7.85. The molecule has 0 radical (unpaired) electrons. The molecular weight excluding hydrogens is 300 g/mol. The molecule has 3 N–H and O–H groups in total. The molecule has 0 rings (SSSR count). The Balaban J connectivity index is 0. The van der Waals surface area contributed by atoms with Crippen LogP contribution in [-0.2, 0) is 14.5 Å². The van der Waals surface area contributed by atoms with E-state index in [1.54, 1.807) is 0 Å². The van der Waals surface area contributed by atoms with E-state index in [1.165, 1.54) is 0 Å². The lowest BCUT2D eigenvalue weighted by atomic mass is 10.2. The molecule has 0 fully saturated rings. The minimum atomic E-state index is -3.67. The van der Waals surface area contributed by atoms with Crippen LogP contribution in [0.1, 0.15) is 27.2 Å². The Hall–Kier alpha value is -0.433. The number of hydrogen-bond donors (Lipinski definition) is 3. The molecule has 0 aliphatic heterocycles. The molecule has 0 spiro atoms. The third kappa shape index (κ3) is 14.0. The molecule has 0 aromatic carbocycles. The summed E-state index contributed by atoms with van der Waals surface area (Å²) in [5, 5.41) is 18.1. The smallest absolute Gasteiger partial charge is 0.261 e. The van der Waals surface area contributed by atoms with Crippen molar-refractivity contribution in [1.29, 1.82) is 0 Å². The highest BCUT2D eigenvalue weighted by Gasteiger charge is 2.38. The predicted octanol–water partition coefficient (Wildman–Crippen LogP) is 1.22. The van der Waals surface area contributed by atoms with Crippen LogP contribution in [0.2, 0.25) is 18.1 Å². The van der Waals surface area contributed by atoms with E-state index < -0.39 is 24.7 Å². The number of aliphatic hydroxyl groups is 2.